The van der Waals surface area contributed by atoms with E-state index in [0.29, 0.717) is 5.92 Å². The first-order valence-corrected chi connectivity index (χ1v) is 6.85. The lowest BCUT2D eigenvalue weighted by molar-refractivity contribution is 0.214. The van der Waals surface area contributed by atoms with Crippen LogP contribution >= 0.6 is 0 Å². The second-order valence-electron chi connectivity index (χ2n) is 5.29. The van der Waals surface area contributed by atoms with Gasteiger partial charge in [-0.1, -0.05) is 20.8 Å². The molecule has 0 aromatic carbocycles. The van der Waals surface area contributed by atoms with Crippen LogP contribution in [0, 0.1) is 12.8 Å². The van der Waals surface area contributed by atoms with E-state index in [1.807, 2.05) is 19.2 Å². The predicted octanol–water partition coefficient (Wildman–Crippen LogP) is 3.31. The highest BCUT2D eigenvalue weighted by atomic mass is 16.5. The zero-order valence-electron chi connectivity index (χ0n) is 12.3. The number of hydrogen-bond donors (Lipinski definition) is 1. The van der Waals surface area contributed by atoms with Crippen molar-refractivity contribution in [2.75, 3.05) is 6.54 Å². The van der Waals surface area contributed by atoms with E-state index in [9.17, 15) is 0 Å². The van der Waals surface area contributed by atoms with Crippen LogP contribution in [0.15, 0.2) is 12.3 Å². The highest BCUT2D eigenvalue weighted by Crippen LogP contribution is 2.20. The fraction of sp³-hybridized carbons (Fsp3) is 0.667. The molecule has 0 amide bonds. The molecule has 1 aromatic heterocycles. The Kier molecular flexibility index (Phi) is 6.13. The van der Waals surface area contributed by atoms with Gasteiger partial charge in [0.25, 0.3) is 0 Å². The number of rotatable bonds is 7. The topological polar surface area (TPSA) is 34.1 Å². The largest absolute Gasteiger partial charge is 0.490 e. The summed E-state index contributed by atoms with van der Waals surface area (Å²) in [6.07, 6.45) is 3.18. The van der Waals surface area contributed by atoms with E-state index in [4.69, 9.17) is 4.74 Å². The highest BCUT2D eigenvalue weighted by Gasteiger charge is 2.08. The van der Waals surface area contributed by atoms with Crippen molar-refractivity contribution in [1.29, 1.82) is 0 Å². The minimum absolute atomic E-state index is 0.246. The van der Waals surface area contributed by atoms with Crippen molar-refractivity contribution in [1.82, 2.24) is 10.3 Å². The van der Waals surface area contributed by atoms with Crippen LogP contribution in [0.5, 0.6) is 5.75 Å². The normalized spacial score (nSPS) is 12.8. The quantitative estimate of drug-likeness (QED) is 0.806. The maximum atomic E-state index is 5.95. The van der Waals surface area contributed by atoms with E-state index < -0.39 is 0 Å². The van der Waals surface area contributed by atoms with Crippen LogP contribution < -0.4 is 10.1 Å². The molecule has 0 aliphatic heterocycles. The average molecular weight is 250 g/mol. The summed E-state index contributed by atoms with van der Waals surface area (Å²) in [5.41, 5.74) is 2.14. The lowest BCUT2D eigenvalue weighted by Crippen LogP contribution is -2.20. The van der Waals surface area contributed by atoms with E-state index in [1.165, 1.54) is 0 Å². The van der Waals surface area contributed by atoms with E-state index in [-0.39, 0.29) is 6.10 Å². The van der Waals surface area contributed by atoms with Crippen LogP contribution in [0.4, 0.5) is 0 Å². The summed E-state index contributed by atoms with van der Waals surface area (Å²) in [6.45, 7) is 12.5. The molecule has 102 valence electrons. The third-order valence-corrected chi connectivity index (χ3v) is 2.85. The Hall–Kier alpha value is -1.09. The molecule has 0 saturated heterocycles. The Bertz CT molecular complexity index is 364. The van der Waals surface area contributed by atoms with Gasteiger partial charge in [-0.15, -0.1) is 0 Å². The molecule has 0 spiro atoms. The summed E-state index contributed by atoms with van der Waals surface area (Å²) >= 11 is 0. The van der Waals surface area contributed by atoms with Crippen molar-refractivity contribution in [3.8, 4) is 5.75 Å². The van der Waals surface area contributed by atoms with Gasteiger partial charge in [0, 0.05) is 30.1 Å². The summed E-state index contributed by atoms with van der Waals surface area (Å²) < 4.78 is 5.95. The summed E-state index contributed by atoms with van der Waals surface area (Å²) in [5, 5.41) is 3.43. The first-order valence-electron chi connectivity index (χ1n) is 6.85. The van der Waals surface area contributed by atoms with Crippen LogP contribution in [-0.2, 0) is 6.54 Å². The summed E-state index contributed by atoms with van der Waals surface area (Å²) in [7, 11) is 0. The maximum Gasteiger partial charge on any atom is 0.127 e. The molecule has 1 atom stereocenters. The third kappa shape index (κ3) is 5.05. The molecule has 1 aromatic rings. The van der Waals surface area contributed by atoms with Gasteiger partial charge in [0.2, 0.25) is 0 Å². The van der Waals surface area contributed by atoms with Gasteiger partial charge in [0.05, 0.1) is 6.10 Å². The van der Waals surface area contributed by atoms with Crippen molar-refractivity contribution >= 4 is 0 Å². The van der Waals surface area contributed by atoms with Crippen LogP contribution in [-0.4, -0.2) is 17.6 Å². The molecule has 1 N–H and O–H groups in total. The number of hydrogen-bond acceptors (Lipinski definition) is 3. The lowest BCUT2D eigenvalue weighted by atomic mass is 10.2. The van der Waals surface area contributed by atoms with Crippen molar-refractivity contribution in [2.45, 2.75) is 53.7 Å². The number of aromatic nitrogens is 1. The van der Waals surface area contributed by atoms with Crippen molar-refractivity contribution in [3.05, 3.63) is 23.5 Å². The molecule has 1 unspecified atom stereocenters. The van der Waals surface area contributed by atoms with E-state index >= 15 is 0 Å². The van der Waals surface area contributed by atoms with Crippen LogP contribution in [0.25, 0.3) is 0 Å². The van der Waals surface area contributed by atoms with Gasteiger partial charge >= 0.3 is 0 Å². The van der Waals surface area contributed by atoms with Gasteiger partial charge in [0.1, 0.15) is 5.75 Å². The fourth-order valence-corrected chi connectivity index (χ4v) is 1.60. The average Bonchev–Trinajstić information content (AvgIpc) is 2.31. The molecular formula is C15H26N2O. The van der Waals surface area contributed by atoms with E-state index in [2.05, 4.69) is 38.0 Å². The predicted molar refractivity (Wildman–Crippen MR) is 75.9 cm³/mol. The second-order valence-corrected chi connectivity index (χ2v) is 5.29. The van der Waals surface area contributed by atoms with Crippen molar-refractivity contribution in [2.24, 2.45) is 5.92 Å². The number of ether oxygens (including phenoxy) is 1. The first-order chi connectivity index (χ1) is 8.52. The van der Waals surface area contributed by atoms with Gasteiger partial charge in [0.15, 0.2) is 0 Å². The second kappa shape index (κ2) is 7.37. The molecule has 0 aliphatic carbocycles. The smallest absolute Gasteiger partial charge is 0.127 e. The molecule has 1 heterocycles. The number of nitrogens with zero attached hydrogens (tertiary/aromatic N) is 1. The Labute approximate surface area is 111 Å². The minimum Gasteiger partial charge on any atom is -0.490 e. The molecule has 0 radical (unpaired) electrons. The molecule has 3 nitrogen and oxygen atoms in total. The number of pyridine rings is 1. The molecule has 0 fully saturated rings. The van der Waals surface area contributed by atoms with Gasteiger partial charge in [-0.25, -0.2) is 0 Å². The zero-order chi connectivity index (χ0) is 13.5. The summed E-state index contributed by atoms with van der Waals surface area (Å²) in [6, 6.07) is 2.03. The Morgan fingerprint density at radius 3 is 2.67 bits per heavy atom. The molecular weight excluding hydrogens is 224 g/mol. The fourth-order valence-electron chi connectivity index (χ4n) is 1.60. The minimum atomic E-state index is 0.246. The Morgan fingerprint density at radius 2 is 2.06 bits per heavy atom. The Balaban J connectivity index is 2.70. The van der Waals surface area contributed by atoms with Gasteiger partial charge in [-0.2, -0.15) is 0 Å². The summed E-state index contributed by atoms with van der Waals surface area (Å²) in [5.74, 6) is 1.62. The summed E-state index contributed by atoms with van der Waals surface area (Å²) in [4.78, 5) is 4.35. The molecule has 18 heavy (non-hydrogen) atoms. The molecule has 1 rings (SSSR count). The number of nitrogens with one attached hydrogen (secondary N) is 1. The molecule has 3 heteroatoms. The maximum absolute atomic E-state index is 5.95. The monoisotopic (exact) mass is 250 g/mol. The highest BCUT2D eigenvalue weighted by molar-refractivity contribution is 5.33. The third-order valence-electron chi connectivity index (χ3n) is 2.85. The van der Waals surface area contributed by atoms with Crippen LogP contribution in [0.2, 0.25) is 0 Å². The van der Waals surface area contributed by atoms with Crippen molar-refractivity contribution < 1.29 is 4.74 Å². The van der Waals surface area contributed by atoms with Gasteiger partial charge in [-0.3, -0.25) is 4.98 Å². The van der Waals surface area contributed by atoms with Gasteiger partial charge in [-0.05, 0) is 32.7 Å². The molecule has 0 saturated carbocycles. The van der Waals surface area contributed by atoms with E-state index in [0.717, 1.165) is 36.5 Å². The molecule has 0 aliphatic rings. The first kappa shape index (κ1) is 15.0. The van der Waals surface area contributed by atoms with Gasteiger partial charge < -0.3 is 10.1 Å². The van der Waals surface area contributed by atoms with Crippen LogP contribution in [0.1, 0.15) is 45.4 Å². The zero-order valence-corrected chi connectivity index (χ0v) is 12.3. The standard InChI is InChI=1S/C15H26N2O/c1-6-13(5)18-15-7-12(4)17-10-14(15)9-16-8-11(2)3/h7,10-11,13,16H,6,8-9H2,1-5H3. The SMILES string of the molecule is CCC(C)Oc1cc(C)ncc1CNCC(C)C. The van der Waals surface area contributed by atoms with Crippen molar-refractivity contribution in [3.63, 3.8) is 0 Å². The lowest BCUT2D eigenvalue weighted by Gasteiger charge is -2.17. The number of aryl methyl sites for hydroxylation is 1. The van der Waals surface area contributed by atoms with E-state index in [1.54, 1.807) is 0 Å². The van der Waals surface area contributed by atoms with Crippen LogP contribution in [0.3, 0.4) is 0 Å². The Morgan fingerprint density at radius 1 is 1.33 bits per heavy atom. The molecule has 0 bridgehead atoms.